The minimum atomic E-state index is -2.65. The zero-order chi connectivity index (χ0) is 10.0. The second-order valence-corrected chi connectivity index (χ2v) is 3.56. The van der Waals surface area contributed by atoms with Crippen LogP contribution >= 0.6 is 39.1 Å². The van der Waals surface area contributed by atoms with E-state index < -0.39 is 12.1 Å². The molecule has 1 heterocycles. The number of aromatic nitrogens is 1. The average Bonchev–Trinajstić information content (AvgIpc) is 2.03. The van der Waals surface area contributed by atoms with Crippen molar-refractivity contribution in [3.8, 4) is 0 Å². The van der Waals surface area contributed by atoms with E-state index in [1.54, 1.807) is 0 Å². The van der Waals surface area contributed by atoms with E-state index in [-0.39, 0.29) is 10.2 Å². The largest absolute Gasteiger partial charge is 0.280 e. The Balaban J connectivity index is 3.20. The van der Waals surface area contributed by atoms with Crippen LogP contribution in [0.5, 0.6) is 0 Å². The molecule has 0 saturated carbocycles. The van der Waals surface area contributed by atoms with Crippen LogP contribution in [0.1, 0.15) is 17.7 Å². The first kappa shape index (κ1) is 11.1. The first-order valence-electron chi connectivity index (χ1n) is 3.25. The van der Waals surface area contributed by atoms with Crippen LogP contribution in [0.15, 0.2) is 6.07 Å². The minimum Gasteiger partial charge on any atom is -0.235 e. The molecular formula is C7H4BrCl2F2N. The predicted molar refractivity (Wildman–Crippen MR) is 51.8 cm³/mol. The molecule has 0 bridgehead atoms. The van der Waals surface area contributed by atoms with Gasteiger partial charge in [0.2, 0.25) is 0 Å². The van der Waals surface area contributed by atoms with E-state index in [0.29, 0.717) is 10.9 Å². The molecule has 13 heavy (non-hydrogen) atoms. The number of rotatable bonds is 2. The maximum Gasteiger partial charge on any atom is 0.280 e. The van der Waals surface area contributed by atoms with Crippen LogP contribution < -0.4 is 0 Å². The second-order valence-electron chi connectivity index (χ2n) is 2.23. The summed E-state index contributed by atoms with van der Waals surface area (Å²) in [4.78, 5) is 3.51. The van der Waals surface area contributed by atoms with Gasteiger partial charge in [-0.1, -0.05) is 39.1 Å². The van der Waals surface area contributed by atoms with Gasteiger partial charge in [0.25, 0.3) is 6.43 Å². The molecule has 1 nitrogen and oxygen atoms in total. The van der Waals surface area contributed by atoms with E-state index in [4.69, 9.17) is 23.2 Å². The Labute approximate surface area is 92.2 Å². The molecule has 0 aliphatic heterocycles. The molecule has 0 fully saturated rings. The summed E-state index contributed by atoms with van der Waals surface area (Å²) in [6.07, 6.45) is -2.65. The van der Waals surface area contributed by atoms with Gasteiger partial charge in [0.15, 0.2) is 0 Å². The van der Waals surface area contributed by atoms with Gasteiger partial charge in [0.1, 0.15) is 10.8 Å². The van der Waals surface area contributed by atoms with Gasteiger partial charge in [-0.3, -0.25) is 0 Å². The molecule has 72 valence electrons. The third kappa shape index (κ3) is 2.51. The molecule has 0 N–H and O–H groups in total. The topological polar surface area (TPSA) is 12.9 Å². The third-order valence-corrected chi connectivity index (χ3v) is 2.61. The van der Waals surface area contributed by atoms with Crippen LogP contribution in [-0.2, 0) is 5.33 Å². The van der Waals surface area contributed by atoms with Crippen LogP contribution in [-0.4, -0.2) is 4.98 Å². The lowest BCUT2D eigenvalue weighted by atomic mass is 10.3. The molecule has 0 unspecified atom stereocenters. The summed E-state index contributed by atoms with van der Waals surface area (Å²) in [6, 6.07) is 1.12. The number of hydrogen-bond donors (Lipinski definition) is 0. The summed E-state index contributed by atoms with van der Waals surface area (Å²) in [5, 5.41) is 0.605. The number of nitrogens with zero attached hydrogens (tertiary/aromatic N) is 1. The third-order valence-electron chi connectivity index (χ3n) is 1.40. The average molecular weight is 291 g/mol. The van der Waals surface area contributed by atoms with Crippen molar-refractivity contribution in [2.24, 2.45) is 0 Å². The van der Waals surface area contributed by atoms with Gasteiger partial charge in [-0.2, -0.15) is 0 Å². The zero-order valence-corrected chi connectivity index (χ0v) is 9.30. The van der Waals surface area contributed by atoms with Crippen LogP contribution in [0.2, 0.25) is 10.2 Å². The Hall–Kier alpha value is 0.0700. The van der Waals surface area contributed by atoms with Gasteiger partial charge in [0, 0.05) is 15.9 Å². The number of pyridine rings is 1. The number of hydrogen-bond acceptors (Lipinski definition) is 1. The Morgan fingerprint density at radius 2 is 2.08 bits per heavy atom. The Bertz CT molecular complexity index is 296. The first-order chi connectivity index (χ1) is 6.06. The molecule has 6 heteroatoms. The van der Waals surface area contributed by atoms with E-state index in [1.807, 2.05) is 0 Å². The summed E-state index contributed by atoms with van der Waals surface area (Å²) in [5.74, 6) is 0. The maximum atomic E-state index is 12.2. The van der Waals surface area contributed by atoms with Crippen molar-refractivity contribution >= 4 is 39.1 Å². The minimum absolute atomic E-state index is 0.0136. The van der Waals surface area contributed by atoms with Crippen molar-refractivity contribution in [3.05, 3.63) is 27.5 Å². The van der Waals surface area contributed by atoms with Gasteiger partial charge in [-0.05, 0) is 6.07 Å². The summed E-state index contributed by atoms with van der Waals surface area (Å²) in [5.41, 5.74) is 0.118. The molecule has 1 aromatic heterocycles. The van der Waals surface area contributed by atoms with Gasteiger partial charge < -0.3 is 0 Å². The Morgan fingerprint density at radius 1 is 1.46 bits per heavy atom. The second kappa shape index (κ2) is 4.53. The molecule has 1 rings (SSSR count). The molecule has 1 aromatic rings. The lowest BCUT2D eigenvalue weighted by Gasteiger charge is -2.05. The van der Waals surface area contributed by atoms with Crippen LogP contribution in [0, 0.1) is 0 Å². The van der Waals surface area contributed by atoms with Crippen molar-refractivity contribution in [2.75, 3.05) is 0 Å². The SMILES string of the molecule is FC(F)c1cc(Cl)c(CBr)c(Cl)n1. The highest BCUT2D eigenvalue weighted by atomic mass is 79.9. The van der Waals surface area contributed by atoms with Crippen LogP contribution in [0.25, 0.3) is 0 Å². The molecule has 0 amide bonds. The number of alkyl halides is 3. The predicted octanol–water partition coefficient (Wildman–Crippen LogP) is 4.22. The standard InChI is InChI=1S/C7H4BrCl2F2N/c8-2-3-4(9)1-5(7(11)12)13-6(3)10/h1,7H,2H2. The van der Waals surface area contributed by atoms with Crippen molar-refractivity contribution in [1.29, 1.82) is 0 Å². The van der Waals surface area contributed by atoms with E-state index in [0.717, 1.165) is 6.07 Å². The monoisotopic (exact) mass is 289 g/mol. The molecule has 0 aliphatic carbocycles. The molecule has 0 aliphatic rings. The highest BCUT2D eigenvalue weighted by Crippen LogP contribution is 2.29. The lowest BCUT2D eigenvalue weighted by molar-refractivity contribution is 0.146. The zero-order valence-electron chi connectivity index (χ0n) is 6.20. The maximum absolute atomic E-state index is 12.2. The lowest BCUT2D eigenvalue weighted by Crippen LogP contribution is -1.94. The van der Waals surface area contributed by atoms with Crippen LogP contribution in [0.3, 0.4) is 0 Å². The fourth-order valence-electron chi connectivity index (χ4n) is 0.759. The van der Waals surface area contributed by atoms with E-state index in [1.165, 1.54) is 0 Å². The first-order valence-corrected chi connectivity index (χ1v) is 5.13. The highest BCUT2D eigenvalue weighted by molar-refractivity contribution is 9.08. The van der Waals surface area contributed by atoms with Gasteiger partial charge in [-0.15, -0.1) is 0 Å². The van der Waals surface area contributed by atoms with E-state index in [9.17, 15) is 8.78 Å². The van der Waals surface area contributed by atoms with Gasteiger partial charge in [0.05, 0.1) is 0 Å². The van der Waals surface area contributed by atoms with Crippen molar-refractivity contribution in [3.63, 3.8) is 0 Å². The highest BCUT2D eigenvalue weighted by Gasteiger charge is 2.14. The quantitative estimate of drug-likeness (QED) is 0.587. The molecule has 0 radical (unpaired) electrons. The van der Waals surface area contributed by atoms with Crippen molar-refractivity contribution in [1.82, 2.24) is 4.98 Å². The molecule has 0 saturated heterocycles. The van der Waals surface area contributed by atoms with E-state index in [2.05, 4.69) is 20.9 Å². The molecular weight excluding hydrogens is 287 g/mol. The molecule has 0 aromatic carbocycles. The summed E-state index contributed by atoms with van der Waals surface area (Å²) in [6.45, 7) is 0. The molecule has 0 spiro atoms. The molecule has 0 atom stereocenters. The smallest absolute Gasteiger partial charge is 0.235 e. The summed E-state index contributed by atoms with van der Waals surface area (Å²) in [7, 11) is 0. The van der Waals surface area contributed by atoms with Crippen molar-refractivity contribution in [2.45, 2.75) is 11.8 Å². The van der Waals surface area contributed by atoms with Crippen LogP contribution in [0.4, 0.5) is 8.78 Å². The van der Waals surface area contributed by atoms with E-state index >= 15 is 0 Å². The fourth-order valence-corrected chi connectivity index (χ4v) is 2.23. The normalized spacial score (nSPS) is 10.9. The number of halogens is 5. The Kier molecular flexibility index (Phi) is 3.88. The Morgan fingerprint density at radius 3 is 2.46 bits per heavy atom. The fraction of sp³-hybridized carbons (Fsp3) is 0.286. The van der Waals surface area contributed by atoms with Gasteiger partial charge in [-0.25, -0.2) is 13.8 Å². The van der Waals surface area contributed by atoms with Gasteiger partial charge >= 0.3 is 0 Å². The summed E-state index contributed by atoms with van der Waals surface area (Å²) < 4.78 is 24.3. The summed E-state index contributed by atoms with van der Waals surface area (Å²) >= 11 is 14.4. The van der Waals surface area contributed by atoms with Crippen molar-refractivity contribution < 1.29 is 8.78 Å².